The first-order valence-electron chi connectivity index (χ1n) is 6.69. The van der Waals surface area contributed by atoms with Crippen molar-refractivity contribution in [1.29, 1.82) is 0 Å². The van der Waals surface area contributed by atoms with Gasteiger partial charge in [0.2, 0.25) is 0 Å². The maximum absolute atomic E-state index is 9.71. The zero-order chi connectivity index (χ0) is 14.1. The highest BCUT2D eigenvalue weighted by Crippen LogP contribution is 2.31. The van der Waals surface area contributed by atoms with Crippen molar-refractivity contribution < 1.29 is 9.84 Å². The molecule has 0 amide bonds. The summed E-state index contributed by atoms with van der Waals surface area (Å²) in [5, 5.41) is 18.4. The maximum atomic E-state index is 9.71. The number of hydrogen-bond donors (Lipinski definition) is 1. The van der Waals surface area contributed by atoms with Gasteiger partial charge in [0.05, 0.1) is 18.8 Å². The average molecular weight is 294 g/mol. The molecular formula is C14H16ClN3O2. The molecule has 0 aliphatic carbocycles. The number of nitrogens with zero attached hydrogens (tertiary/aromatic N) is 3. The Hall–Kier alpha value is -1.59. The second-order valence-electron chi connectivity index (χ2n) is 4.99. The van der Waals surface area contributed by atoms with Crippen molar-refractivity contribution >= 4 is 11.6 Å². The molecule has 0 saturated carbocycles. The van der Waals surface area contributed by atoms with Gasteiger partial charge in [0.15, 0.2) is 0 Å². The van der Waals surface area contributed by atoms with E-state index in [1.54, 1.807) is 10.9 Å². The average Bonchev–Trinajstić information content (AvgIpc) is 3.04. The minimum atomic E-state index is -0.552. The maximum Gasteiger partial charge on any atom is 0.123 e. The van der Waals surface area contributed by atoms with Crippen LogP contribution < -0.4 is 4.74 Å². The highest BCUT2D eigenvalue weighted by Gasteiger charge is 2.24. The smallest absolute Gasteiger partial charge is 0.123 e. The predicted molar refractivity (Wildman–Crippen MR) is 74.8 cm³/mol. The molecule has 0 bridgehead atoms. The molecule has 1 aromatic heterocycles. The van der Waals surface area contributed by atoms with Crippen molar-refractivity contribution in [3.8, 4) is 5.75 Å². The van der Waals surface area contributed by atoms with E-state index in [4.69, 9.17) is 16.3 Å². The zero-order valence-electron chi connectivity index (χ0n) is 11.2. The lowest BCUT2D eigenvalue weighted by atomic mass is 10.1. The first-order valence-corrected chi connectivity index (χ1v) is 7.06. The fourth-order valence-electron chi connectivity index (χ4n) is 2.36. The Labute approximate surface area is 122 Å². The molecule has 5 nitrogen and oxygen atoms in total. The van der Waals surface area contributed by atoms with E-state index < -0.39 is 6.10 Å². The van der Waals surface area contributed by atoms with E-state index in [0.29, 0.717) is 18.7 Å². The molecule has 0 spiro atoms. The quantitative estimate of drug-likeness (QED) is 0.940. The van der Waals surface area contributed by atoms with Crippen LogP contribution in [0.15, 0.2) is 24.4 Å². The third kappa shape index (κ3) is 2.64. The van der Waals surface area contributed by atoms with Gasteiger partial charge in [-0.05, 0) is 30.2 Å². The molecule has 1 aliphatic rings. The molecule has 2 atom stereocenters. The van der Waals surface area contributed by atoms with E-state index >= 15 is 0 Å². The molecule has 0 fully saturated rings. The van der Waals surface area contributed by atoms with E-state index in [9.17, 15) is 5.11 Å². The lowest BCUT2D eigenvalue weighted by molar-refractivity contribution is 0.168. The van der Waals surface area contributed by atoms with Crippen LogP contribution in [-0.4, -0.2) is 26.2 Å². The van der Waals surface area contributed by atoms with Crippen LogP contribution in [-0.2, 0) is 13.0 Å². The summed E-state index contributed by atoms with van der Waals surface area (Å²) in [6, 6.07) is 5.66. The molecule has 2 unspecified atom stereocenters. The Bertz CT molecular complexity index is 614. The van der Waals surface area contributed by atoms with Gasteiger partial charge >= 0.3 is 0 Å². The molecule has 0 saturated heterocycles. The van der Waals surface area contributed by atoms with Crippen LogP contribution in [0.2, 0.25) is 5.02 Å². The van der Waals surface area contributed by atoms with Gasteiger partial charge in [0, 0.05) is 11.4 Å². The van der Waals surface area contributed by atoms with E-state index in [1.165, 1.54) is 0 Å². The van der Waals surface area contributed by atoms with Crippen molar-refractivity contribution in [2.45, 2.75) is 38.5 Å². The number of hydrogen-bond acceptors (Lipinski definition) is 4. The third-order valence-electron chi connectivity index (χ3n) is 3.44. The van der Waals surface area contributed by atoms with E-state index in [1.807, 2.05) is 25.1 Å². The minimum Gasteiger partial charge on any atom is -0.488 e. The Morgan fingerprint density at radius 3 is 3.20 bits per heavy atom. The van der Waals surface area contributed by atoms with Gasteiger partial charge in [-0.2, -0.15) is 0 Å². The first-order chi connectivity index (χ1) is 9.65. The number of aliphatic hydroxyl groups excluding tert-OH is 1. The SMILES string of the molecule is CCC(O)c1cn(CC2Cc3cc(Cl)ccc3O2)nn1. The second kappa shape index (κ2) is 5.42. The minimum absolute atomic E-state index is 0.0248. The van der Waals surface area contributed by atoms with E-state index in [-0.39, 0.29) is 6.10 Å². The fraction of sp³-hybridized carbons (Fsp3) is 0.429. The molecule has 1 aliphatic heterocycles. The lowest BCUT2D eigenvalue weighted by Gasteiger charge is -2.09. The number of ether oxygens (including phenoxy) is 1. The third-order valence-corrected chi connectivity index (χ3v) is 3.67. The summed E-state index contributed by atoms with van der Waals surface area (Å²) in [6.45, 7) is 2.51. The van der Waals surface area contributed by atoms with Crippen LogP contribution in [0.5, 0.6) is 5.75 Å². The molecule has 3 rings (SSSR count). The number of halogens is 1. The van der Waals surface area contributed by atoms with E-state index in [2.05, 4.69) is 10.3 Å². The first kappa shape index (κ1) is 13.4. The summed E-state index contributed by atoms with van der Waals surface area (Å²) in [5.41, 5.74) is 1.72. The largest absolute Gasteiger partial charge is 0.488 e. The van der Waals surface area contributed by atoms with Gasteiger partial charge in [-0.15, -0.1) is 5.10 Å². The number of aliphatic hydroxyl groups is 1. The zero-order valence-corrected chi connectivity index (χ0v) is 11.9. The van der Waals surface area contributed by atoms with Gasteiger partial charge in [-0.1, -0.05) is 23.7 Å². The Morgan fingerprint density at radius 2 is 2.40 bits per heavy atom. The molecule has 2 heterocycles. The summed E-state index contributed by atoms with van der Waals surface area (Å²) in [5.74, 6) is 0.883. The topological polar surface area (TPSA) is 60.2 Å². The molecule has 1 N–H and O–H groups in total. The van der Waals surface area contributed by atoms with Crippen molar-refractivity contribution in [2.75, 3.05) is 0 Å². The number of rotatable bonds is 4. The monoisotopic (exact) mass is 293 g/mol. The highest BCUT2D eigenvalue weighted by molar-refractivity contribution is 6.30. The fourth-order valence-corrected chi connectivity index (χ4v) is 2.56. The van der Waals surface area contributed by atoms with Crippen LogP contribution in [0, 0.1) is 0 Å². The summed E-state index contributed by atoms with van der Waals surface area (Å²) in [7, 11) is 0. The Balaban J connectivity index is 1.67. The standard InChI is InChI=1S/C14H16ClN3O2/c1-2-13(19)12-8-18(17-16-12)7-11-6-9-5-10(15)3-4-14(9)20-11/h3-5,8,11,13,19H,2,6-7H2,1H3. The van der Waals surface area contributed by atoms with Gasteiger partial charge in [-0.25, -0.2) is 4.68 Å². The molecule has 2 aromatic rings. The van der Waals surface area contributed by atoms with Crippen LogP contribution in [0.4, 0.5) is 0 Å². The van der Waals surface area contributed by atoms with Crippen molar-refractivity contribution in [1.82, 2.24) is 15.0 Å². The summed E-state index contributed by atoms with van der Waals surface area (Å²) >= 11 is 5.97. The molecule has 6 heteroatoms. The van der Waals surface area contributed by atoms with Crippen LogP contribution in [0.1, 0.15) is 30.7 Å². The Kier molecular flexibility index (Phi) is 3.63. The van der Waals surface area contributed by atoms with Crippen LogP contribution in [0.25, 0.3) is 0 Å². The molecule has 0 radical (unpaired) electrons. The van der Waals surface area contributed by atoms with Crippen molar-refractivity contribution in [2.24, 2.45) is 0 Å². The number of fused-ring (bicyclic) bond motifs is 1. The van der Waals surface area contributed by atoms with Crippen LogP contribution in [0.3, 0.4) is 0 Å². The van der Waals surface area contributed by atoms with E-state index in [0.717, 1.165) is 22.8 Å². The van der Waals surface area contributed by atoms with Crippen LogP contribution >= 0.6 is 11.6 Å². The molecule has 20 heavy (non-hydrogen) atoms. The molecule has 1 aromatic carbocycles. The summed E-state index contributed by atoms with van der Waals surface area (Å²) < 4.78 is 7.57. The Morgan fingerprint density at radius 1 is 1.55 bits per heavy atom. The lowest BCUT2D eigenvalue weighted by Crippen LogP contribution is -2.21. The van der Waals surface area contributed by atoms with Gasteiger partial charge in [-0.3, -0.25) is 0 Å². The molecule has 106 valence electrons. The normalized spacial score (nSPS) is 18.6. The number of benzene rings is 1. The number of aromatic nitrogens is 3. The summed E-state index contributed by atoms with van der Waals surface area (Å²) in [4.78, 5) is 0. The van der Waals surface area contributed by atoms with Crippen molar-refractivity contribution in [3.05, 3.63) is 40.7 Å². The van der Waals surface area contributed by atoms with Crippen molar-refractivity contribution in [3.63, 3.8) is 0 Å². The highest BCUT2D eigenvalue weighted by atomic mass is 35.5. The second-order valence-corrected chi connectivity index (χ2v) is 5.42. The van der Waals surface area contributed by atoms with Gasteiger partial charge < -0.3 is 9.84 Å². The summed E-state index contributed by atoms with van der Waals surface area (Å²) in [6.07, 6.45) is 2.68. The predicted octanol–water partition coefficient (Wildman–Crippen LogP) is 2.38. The van der Waals surface area contributed by atoms with Gasteiger partial charge in [0.1, 0.15) is 17.5 Å². The molecular weight excluding hydrogens is 278 g/mol. The van der Waals surface area contributed by atoms with Gasteiger partial charge in [0.25, 0.3) is 0 Å².